The van der Waals surface area contributed by atoms with Gasteiger partial charge in [-0.2, -0.15) is 10.5 Å². The minimum absolute atomic E-state index is 0.228. The van der Waals surface area contributed by atoms with Gasteiger partial charge in [-0.05, 0) is 38.1 Å². The molecule has 0 saturated heterocycles. The quantitative estimate of drug-likeness (QED) is 0.809. The third-order valence-corrected chi connectivity index (χ3v) is 3.71. The summed E-state index contributed by atoms with van der Waals surface area (Å²) in [6.07, 6.45) is -1.06. The zero-order chi connectivity index (χ0) is 19.1. The van der Waals surface area contributed by atoms with Gasteiger partial charge < -0.3 is 10.1 Å². The highest BCUT2D eigenvalue weighted by molar-refractivity contribution is 6.10. The number of rotatable bonds is 6. The van der Waals surface area contributed by atoms with Crippen LogP contribution in [-0.4, -0.2) is 17.8 Å². The van der Waals surface area contributed by atoms with Gasteiger partial charge >= 0.3 is 0 Å². The van der Waals surface area contributed by atoms with E-state index in [1.54, 1.807) is 42.5 Å². The summed E-state index contributed by atoms with van der Waals surface area (Å²) in [4.78, 5) is 24.8. The molecule has 1 N–H and O–H groups in total. The molecule has 0 aliphatic carbocycles. The lowest BCUT2D eigenvalue weighted by molar-refractivity contribution is -0.133. The number of nitrogens with one attached hydrogen (secondary N) is 1. The van der Waals surface area contributed by atoms with Gasteiger partial charge in [-0.25, -0.2) is 0 Å². The smallest absolute Gasteiger partial charge is 0.249 e. The largest absolute Gasteiger partial charge is 0.482 e. The maximum atomic E-state index is 12.5. The van der Waals surface area contributed by atoms with Crippen molar-refractivity contribution in [3.8, 4) is 17.9 Å². The first kappa shape index (κ1) is 18.7. The Morgan fingerprint density at radius 3 is 2.35 bits per heavy atom. The van der Waals surface area contributed by atoms with Crippen molar-refractivity contribution in [3.63, 3.8) is 0 Å². The molecule has 130 valence electrons. The summed E-state index contributed by atoms with van der Waals surface area (Å²) in [7, 11) is 0. The molecule has 0 heterocycles. The van der Waals surface area contributed by atoms with Crippen LogP contribution in [0.15, 0.2) is 48.5 Å². The fourth-order valence-corrected chi connectivity index (χ4v) is 2.25. The number of ether oxygens (including phenoxy) is 1. The van der Waals surface area contributed by atoms with Crippen LogP contribution in [0.4, 0.5) is 5.69 Å². The second-order valence-electron chi connectivity index (χ2n) is 5.69. The van der Waals surface area contributed by atoms with Gasteiger partial charge in [0, 0.05) is 5.69 Å². The van der Waals surface area contributed by atoms with Gasteiger partial charge in [0.1, 0.15) is 11.8 Å². The van der Waals surface area contributed by atoms with Crippen LogP contribution in [0, 0.1) is 35.5 Å². The molecule has 6 heteroatoms. The van der Waals surface area contributed by atoms with E-state index in [-0.39, 0.29) is 11.3 Å². The predicted molar refractivity (Wildman–Crippen MR) is 95.2 cm³/mol. The number of nitriles is 2. The minimum atomic E-state index is -1.51. The van der Waals surface area contributed by atoms with Gasteiger partial charge in [-0.1, -0.05) is 29.8 Å². The lowest BCUT2D eigenvalue weighted by Crippen LogP contribution is -2.37. The fourth-order valence-electron chi connectivity index (χ4n) is 2.25. The van der Waals surface area contributed by atoms with Crippen molar-refractivity contribution >= 4 is 17.4 Å². The number of para-hydroxylation sites is 1. The summed E-state index contributed by atoms with van der Waals surface area (Å²) in [6.45, 7) is 3.35. The van der Waals surface area contributed by atoms with Crippen LogP contribution < -0.4 is 10.1 Å². The van der Waals surface area contributed by atoms with E-state index < -0.39 is 23.7 Å². The van der Waals surface area contributed by atoms with Gasteiger partial charge in [0.25, 0.3) is 0 Å². The Labute approximate surface area is 151 Å². The van der Waals surface area contributed by atoms with Gasteiger partial charge in [-0.15, -0.1) is 0 Å². The lowest BCUT2D eigenvalue weighted by atomic mass is 10.0. The Morgan fingerprint density at radius 2 is 1.73 bits per heavy atom. The average Bonchev–Trinajstić information content (AvgIpc) is 2.64. The van der Waals surface area contributed by atoms with E-state index in [1.807, 2.05) is 25.1 Å². The summed E-state index contributed by atoms with van der Waals surface area (Å²) in [5.74, 6) is -2.68. The van der Waals surface area contributed by atoms with Crippen LogP contribution in [0.1, 0.15) is 18.1 Å². The Morgan fingerprint density at radius 1 is 1.08 bits per heavy atom. The predicted octanol–water partition coefficient (Wildman–Crippen LogP) is 2.98. The molecule has 2 rings (SSSR count). The summed E-state index contributed by atoms with van der Waals surface area (Å²) in [5.41, 5.74) is 1.79. The highest BCUT2D eigenvalue weighted by atomic mass is 16.5. The van der Waals surface area contributed by atoms with Crippen LogP contribution in [0.2, 0.25) is 0 Å². The molecule has 6 nitrogen and oxygen atoms in total. The van der Waals surface area contributed by atoms with Crippen LogP contribution in [0.5, 0.6) is 5.75 Å². The molecule has 2 aromatic rings. The summed E-state index contributed by atoms with van der Waals surface area (Å²) in [6, 6.07) is 17.1. The van der Waals surface area contributed by atoms with Crippen molar-refractivity contribution in [3.05, 3.63) is 59.7 Å². The van der Waals surface area contributed by atoms with Crippen molar-refractivity contribution in [1.29, 1.82) is 10.5 Å². The third-order valence-electron chi connectivity index (χ3n) is 3.71. The second kappa shape index (κ2) is 8.46. The van der Waals surface area contributed by atoms with E-state index in [1.165, 1.54) is 6.92 Å². The summed E-state index contributed by atoms with van der Waals surface area (Å²) >= 11 is 0. The Balaban J connectivity index is 2.09. The number of ketones is 1. The molecular weight excluding hydrogens is 330 g/mol. The van der Waals surface area contributed by atoms with E-state index >= 15 is 0 Å². The van der Waals surface area contributed by atoms with Crippen molar-refractivity contribution in [2.75, 3.05) is 5.32 Å². The number of nitrogens with zero attached hydrogens (tertiary/aromatic N) is 2. The molecule has 0 aromatic heterocycles. The normalized spacial score (nSPS) is 12.2. The first-order valence-corrected chi connectivity index (χ1v) is 7.93. The standard InChI is InChI=1S/C20H17N3O3/c1-13-7-9-16(10-8-13)23-20(25)17(12-22)19(24)14(2)26-18-6-4-3-5-15(18)11-21/h3-10,14,17H,1-2H3,(H,23,25)/t14-,17+/m1/s1. The maximum Gasteiger partial charge on any atom is 0.249 e. The first-order valence-electron chi connectivity index (χ1n) is 7.93. The number of hydrogen-bond acceptors (Lipinski definition) is 5. The molecule has 0 spiro atoms. The fraction of sp³-hybridized carbons (Fsp3) is 0.200. The van der Waals surface area contributed by atoms with Crippen LogP contribution in [0.25, 0.3) is 0 Å². The molecule has 2 atom stereocenters. The molecule has 0 radical (unpaired) electrons. The van der Waals surface area contributed by atoms with E-state index in [2.05, 4.69) is 5.32 Å². The van der Waals surface area contributed by atoms with Crippen molar-refractivity contribution in [1.82, 2.24) is 0 Å². The second-order valence-corrected chi connectivity index (χ2v) is 5.69. The SMILES string of the molecule is Cc1ccc(NC(=O)[C@@H](C#N)C(=O)[C@@H](C)Oc2ccccc2C#N)cc1. The topological polar surface area (TPSA) is 103 Å². The number of hydrogen-bond donors (Lipinski definition) is 1. The van der Waals surface area contributed by atoms with Crippen LogP contribution >= 0.6 is 0 Å². The number of anilines is 1. The maximum absolute atomic E-state index is 12.5. The van der Waals surface area contributed by atoms with Crippen molar-refractivity contribution in [2.24, 2.45) is 5.92 Å². The molecule has 1 amide bonds. The van der Waals surface area contributed by atoms with Gasteiger partial charge in [0.05, 0.1) is 11.6 Å². The van der Waals surface area contributed by atoms with Crippen LogP contribution in [-0.2, 0) is 9.59 Å². The number of carbonyl (C=O) groups excluding carboxylic acids is 2. The molecular formula is C20H17N3O3. The Kier molecular flexibility index (Phi) is 6.08. The number of amides is 1. The Bertz CT molecular complexity index is 892. The zero-order valence-electron chi connectivity index (χ0n) is 14.4. The number of Topliss-reactive ketones (excluding diaryl/α,β-unsaturated/α-hetero) is 1. The Hall–Kier alpha value is -3.64. The van der Waals surface area contributed by atoms with Crippen molar-refractivity contribution in [2.45, 2.75) is 20.0 Å². The van der Waals surface area contributed by atoms with Gasteiger partial charge in [-0.3, -0.25) is 9.59 Å². The first-order chi connectivity index (χ1) is 12.5. The van der Waals surface area contributed by atoms with E-state index in [9.17, 15) is 14.9 Å². The van der Waals surface area contributed by atoms with E-state index in [0.717, 1.165) is 5.56 Å². The molecule has 0 bridgehead atoms. The number of aryl methyl sites for hydroxylation is 1. The monoisotopic (exact) mass is 347 g/mol. The molecule has 26 heavy (non-hydrogen) atoms. The lowest BCUT2D eigenvalue weighted by Gasteiger charge is -2.17. The van der Waals surface area contributed by atoms with Crippen molar-refractivity contribution < 1.29 is 14.3 Å². The van der Waals surface area contributed by atoms with Gasteiger partial charge in [0.2, 0.25) is 5.91 Å². The number of benzene rings is 2. The molecule has 0 fully saturated rings. The van der Waals surface area contributed by atoms with E-state index in [0.29, 0.717) is 5.69 Å². The molecule has 0 saturated carbocycles. The summed E-state index contributed by atoms with van der Waals surface area (Å²) < 4.78 is 5.49. The van der Waals surface area contributed by atoms with Crippen LogP contribution in [0.3, 0.4) is 0 Å². The zero-order valence-corrected chi connectivity index (χ0v) is 14.4. The van der Waals surface area contributed by atoms with Gasteiger partial charge in [0.15, 0.2) is 17.8 Å². The molecule has 2 aromatic carbocycles. The highest BCUT2D eigenvalue weighted by Crippen LogP contribution is 2.20. The highest BCUT2D eigenvalue weighted by Gasteiger charge is 2.32. The number of carbonyl (C=O) groups is 2. The third kappa shape index (κ3) is 4.46. The molecule has 0 aliphatic heterocycles. The molecule has 0 unspecified atom stereocenters. The minimum Gasteiger partial charge on any atom is -0.482 e. The molecule has 0 aliphatic rings. The summed E-state index contributed by atoms with van der Waals surface area (Å²) in [5, 5.41) is 20.9. The van der Waals surface area contributed by atoms with E-state index in [4.69, 9.17) is 10.00 Å². The average molecular weight is 347 g/mol.